The highest BCUT2D eigenvalue weighted by atomic mass is 16.5. The molecule has 0 radical (unpaired) electrons. The van der Waals surface area contributed by atoms with E-state index in [2.05, 4.69) is 5.32 Å². The van der Waals surface area contributed by atoms with Gasteiger partial charge in [0.1, 0.15) is 24.0 Å². The van der Waals surface area contributed by atoms with Crippen molar-refractivity contribution in [2.45, 2.75) is 51.7 Å². The normalized spacial score (nSPS) is 16.1. The van der Waals surface area contributed by atoms with E-state index in [1.54, 1.807) is 6.26 Å². The highest BCUT2D eigenvalue weighted by Gasteiger charge is 2.19. The Hall–Kier alpha value is -2.05. The molecule has 1 atom stereocenters. The lowest BCUT2D eigenvalue weighted by molar-refractivity contribution is -0.131. The zero-order chi connectivity index (χ0) is 19.2. The van der Waals surface area contributed by atoms with Gasteiger partial charge in [-0.2, -0.15) is 0 Å². The van der Waals surface area contributed by atoms with Crippen LogP contribution in [0.15, 0.2) is 28.9 Å². The molecule has 0 saturated carbocycles. The molecule has 1 aromatic carbocycles. The van der Waals surface area contributed by atoms with Crippen molar-refractivity contribution in [2.24, 2.45) is 0 Å². The maximum absolute atomic E-state index is 12.5. The zero-order valence-corrected chi connectivity index (χ0v) is 16.2. The number of furan rings is 1. The molecule has 0 spiro atoms. The monoisotopic (exact) mass is 374 g/mol. The van der Waals surface area contributed by atoms with Gasteiger partial charge in [0.05, 0.1) is 12.7 Å². The Morgan fingerprint density at radius 2 is 2.07 bits per heavy atom. The molecular weight excluding hydrogens is 344 g/mol. The van der Waals surface area contributed by atoms with Crippen molar-refractivity contribution in [3.8, 4) is 5.75 Å². The standard InChI is InChI=1S/C21H30N2O4/c1-15(2)22-12-17(24)14-26-18-6-7-19-16(13-27-20(19)11-18)10-21(25)23-8-4-3-5-9-23/h6-7,11,13,15,17,22,24H,3-5,8-10,12,14H2,1-2H3. The minimum absolute atomic E-state index is 0.165. The first-order chi connectivity index (χ1) is 13.0. The molecule has 1 aliphatic heterocycles. The number of hydrogen-bond donors (Lipinski definition) is 2. The number of likely N-dealkylation sites (tertiary alicyclic amines) is 1. The van der Waals surface area contributed by atoms with Crippen molar-refractivity contribution in [1.29, 1.82) is 0 Å². The van der Waals surface area contributed by atoms with Crippen molar-refractivity contribution in [2.75, 3.05) is 26.2 Å². The molecule has 2 aromatic rings. The summed E-state index contributed by atoms with van der Waals surface area (Å²) in [6.07, 6.45) is 4.86. The van der Waals surface area contributed by atoms with Crippen LogP contribution in [0.2, 0.25) is 0 Å². The Kier molecular flexibility index (Phi) is 6.74. The largest absolute Gasteiger partial charge is 0.491 e. The van der Waals surface area contributed by atoms with E-state index in [1.807, 2.05) is 36.9 Å². The van der Waals surface area contributed by atoms with E-state index in [1.165, 1.54) is 6.42 Å². The van der Waals surface area contributed by atoms with Gasteiger partial charge in [-0.1, -0.05) is 13.8 Å². The number of fused-ring (bicyclic) bond motifs is 1. The van der Waals surface area contributed by atoms with E-state index in [-0.39, 0.29) is 12.5 Å². The van der Waals surface area contributed by atoms with Crippen LogP contribution in [0, 0.1) is 0 Å². The number of nitrogens with zero attached hydrogens (tertiary/aromatic N) is 1. The van der Waals surface area contributed by atoms with Crippen LogP contribution in [0.4, 0.5) is 0 Å². The third-order valence-electron chi connectivity index (χ3n) is 4.88. The minimum Gasteiger partial charge on any atom is -0.491 e. The highest BCUT2D eigenvalue weighted by Crippen LogP contribution is 2.26. The molecule has 2 heterocycles. The molecule has 0 bridgehead atoms. The van der Waals surface area contributed by atoms with E-state index in [4.69, 9.17) is 9.15 Å². The second-order valence-electron chi connectivity index (χ2n) is 7.56. The first-order valence-corrected chi connectivity index (χ1v) is 9.85. The van der Waals surface area contributed by atoms with E-state index in [0.717, 1.165) is 36.9 Å². The van der Waals surface area contributed by atoms with Crippen molar-refractivity contribution >= 4 is 16.9 Å². The Bertz CT molecular complexity index is 750. The highest BCUT2D eigenvalue weighted by molar-refractivity contribution is 5.88. The van der Waals surface area contributed by atoms with Gasteiger partial charge in [-0.05, 0) is 31.4 Å². The van der Waals surface area contributed by atoms with Gasteiger partial charge in [0.2, 0.25) is 5.91 Å². The van der Waals surface area contributed by atoms with Gasteiger partial charge in [-0.15, -0.1) is 0 Å². The van der Waals surface area contributed by atoms with Gasteiger partial charge >= 0.3 is 0 Å². The summed E-state index contributed by atoms with van der Waals surface area (Å²) < 4.78 is 11.3. The predicted octanol–water partition coefficient (Wildman–Crippen LogP) is 2.73. The molecule has 1 fully saturated rings. The molecule has 1 amide bonds. The van der Waals surface area contributed by atoms with Crippen LogP contribution in [0.5, 0.6) is 5.75 Å². The SMILES string of the molecule is CC(C)NCC(O)COc1ccc2c(CC(=O)N3CCCCC3)coc2c1. The summed E-state index contributed by atoms with van der Waals surface area (Å²) in [7, 11) is 0. The van der Waals surface area contributed by atoms with Gasteiger partial charge in [0, 0.05) is 42.7 Å². The maximum atomic E-state index is 12.5. The Labute approximate surface area is 160 Å². The van der Waals surface area contributed by atoms with Gasteiger partial charge in [-0.3, -0.25) is 4.79 Å². The zero-order valence-electron chi connectivity index (χ0n) is 16.2. The number of rotatable bonds is 8. The minimum atomic E-state index is -0.572. The topological polar surface area (TPSA) is 74.9 Å². The molecule has 2 N–H and O–H groups in total. The summed E-state index contributed by atoms with van der Waals surface area (Å²) in [4.78, 5) is 14.4. The lowest BCUT2D eigenvalue weighted by atomic mass is 10.1. The van der Waals surface area contributed by atoms with Crippen LogP contribution in [-0.2, 0) is 11.2 Å². The lowest BCUT2D eigenvalue weighted by Gasteiger charge is -2.26. The second kappa shape index (κ2) is 9.24. The van der Waals surface area contributed by atoms with Crippen LogP contribution in [-0.4, -0.2) is 54.3 Å². The van der Waals surface area contributed by atoms with Crippen LogP contribution < -0.4 is 10.1 Å². The summed E-state index contributed by atoms with van der Waals surface area (Å²) in [5.41, 5.74) is 1.61. The molecule has 3 rings (SSSR count). The Morgan fingerprint density at radius 3 is 2.81 bits per heavy atom. The first kappa shape index (κ1) is 19.7. The van der Waals surface area contributed by atoms with E-state index in [0.29, 0.717) is 30.3 Å². The fraction of sp³-hybridized carbons (Fsp3) is 0.571. The molecule has 0 aliphatic carbocycles. The number of nitrogens with one attached hydrogen (secondary N) is 1. The summed E-state index contributed by atoms with van der Waals surface area (Å²) >= 11 is 0. The average molecular weight is 374 g/mol. The first-order valence-electron chi connectivity index (χ1n) is 9.85. The number of carbonyl (C=O) groups is 1. The fourth-order valence-electron chi connectivity index (χ4n) is 3.33. The van der Waals surface area contributed by atoms with Crippen molar-refractivity contribution in [3.05, 3.63) is 30.0 Å². The summed E-state index contributed by atoms with van der Waals surface area (Å²) in [6, 6.07) is 5.92. The summed E-state index contributed by atoms with van der Waals surface area (Å²) in [5, 5.41) is 14.1. The van der Waals surface area contributed by atoms with Gasteiger partial charge < -0.3 is 24.5 Å². The number of aliphatic hydroxyl groups excluding tert-OH is 1. The molecule has 27 heavy (non-hydrogen) atoms. The third kappa shape index (κ3) is 5.47. The summed E-state index contributed by atoms with van der Waals surface area (Å²) in [5.74, 6) is 0.813. The van der Waals surface area contributed by atoms with E-state index in [9.17, 15) is 9.90 Å². The van der Waals surface area contributed by atoms with Crippen molar-refractivity contribution < 1.29 is 19.1 Å². The van der Waals surface area contributed by atoms with Gasteiger partial charge in [-0.25, -0.2) is 0 Å². The number of hydrogen-bond acceptors (Lipinski definition) is 5. The van der Waals surface area contributed by atoms with Crippen LogP contribution in [0.1, 0.15) is 38.7 Å². The maximum Gasteiger partial charge on any atom is 0.227 e. The second-order valence-corrected chi connectivity index (χ2v) is 7.56. The average Bonchev–Trinajstić information content (AvgIpc) is 3.07. The number of benzene rings is 1. The van der Waals surface area contributed by atoms with Crippen molar-refractivity contribution in [1.82, 2.24) is 10.2 Å². The molecular formula is C21H30N2O4. The van der Waals surface area contributed by atoms with E-state index >= 15 is 0 Å². The number of amides is 1. The Balaban J connectivity index is 1.58. The molecule has 1 aromatic heterocycles. The van der Waals surface area contributed by atoms with Gasteiger partial charge in [0.25, 0.3) is 0 Å². The smallest absolute Gasteiger partial charge is 0.227 e. The molecule has 6 heteroatoms. The molecule has 1 saturated heterocycles. The number of piperidine rings is 1. The number of carbonyl (C=O) groups excluding carboxylic acids is 1. The third-order valence-corrected chi connectivity index (χ3v) is 4.88. The molecule has 1 aliphatic rings. The number of ether oxygens (including phenoxy) is 1. The lowest BCUT2D eigenvalue weighted by Crippen LogP contribution is -2.36. The molecule has 6 nitrogen and oxygen atoms in total. The van der Waals surface area contributed by atoms with E-state index < -0.39 is 6.10 Å². The summed E-state index contributed by atoms with van der Waals surface area (Å²) in [6.45, 7) is 6.49. The van der Waals surface area contributed by atoms with Crippen LogP contribution in [0.25, 0.3) is 11.0 Å². The molecule has 1 unspecified atom stereocenters. The number of aliphatic hydroxyl groups is 1. The fourth-order valence-corrected chi connectivity index (χ4v) is 3.33. The van der Waals surface area contributed by atoms with Gasteiger partial charge in [0.15, 0.2) is 0 Å². The predicted molar refractivity (Wildman–Crippen MR) is 105 cm³/mol. The van der Waals surface area contributed by atoms with Crippen molar-refractivity contribution in [3.63, 3.8) is 0 Å². The van der Waals surface area contributed by atoms with Crippen LogP contribution in [0.3, 0.4) is 0 Å². The Morgan fingerprint density at radius 1 is 1.30 bits per heavy atom. The van der Waals surface area contributed by atoms with Crippen LogP contribution >= 0.6 is 0 Å². The quantitative estimate of drug-likeness (QED) is 0.743. The molecule has 148 valence electrons.